The summed E-state index contributed by atoms with van der Waals surface area (Å²) in [7, 11) is 0. The van der Waals surface area contributed by atoms with Crippen LogP contribution in [0.1, 0.15) is 36.1 Å². The van der Waals surface area contributed by atoms with Crippen molar-refractivity contribution in [2.75, 3.05) is 4.90 Å². The maximum Gasteiger partial charge on any atom is 0.0547 e. The number of fused-ring (bicyclic) bond motifs is 8. The minimum atomic E-state index is -0.0792. The molecule has 0 radical (unpaired) electrons. The van der Waals surface area contributed by atoms with Crippen LogP contribution in [0, 0.1) is 0 Å². The van der Waals surface area contributed by atoms with Gasteiger partial charge in [0.15, 0.2) is 0 Å². The highest BCUT2D eigenvalue weighted by molar-refractivity contribution is 6.10. The van der Waals surface area contributed by atoms with E-state index in [0.29, 0.717) is 0 Å². The molecule has 9 aromatic rings. The molecule has 0 unspecified atom stereocenters. The van der Waals surface area contributed by atoms with Gasteiger partial charge in [-0.15, -0.1) is 0 Å². The molecule has 2 heteroatoms. The topological polar surface area (TPSA) is 8.17 Å². The first-order valence-corrected chi connectivity index (χ1v) is 19.2. The SMILES string of the molecule is CC1(C)c2ccccc2-c2cc3c(cc21)C=Cc1cc(-c2ccc4c5ccccc5n(-c5ccccc5)c4c2)ccc1N3c1ccc(-c2ccccc2)cc1. The summed E-state index contributed by atoms with van der Waals surface area (Å²) in [4.78, 5) is 2.47. The minimum Gasteiger partial charge on any atom is -0.309 e. The maximum atomic E-state index is 2.47. The van der Waals surface area contributed by atoms with E-state index in [1.165, 1.54) is 88.8 Å². The van der Waals surface area contributed by atoms with Crippen LogP contribution in [-0.2, 0) is 5.41 Å². The van der Waals surface area contributed by atoms with Crippen LogP contribution in [0.2, 0.25) is 0 Å². The van der Waals surface area contributed by atoms with Crippen LogP contribution in [0.4, 0.5) is 17.1 Å². The predicted molar refractivity (Wildman–Crippen MR) is 233 cm³/mol. The second-order valence-corrected chi connectivity index (χ2v) is 15.4. The molecular formula is C53H38N2. The van der Waals surface area contributed by atoms with E-state index in [1.54, 1.807) is 0 Å². The highest BCUT2D eigenvalue weighted by Crippen LogP contribution is 2.53. The summed E-state index contributed by atoms with van der Waals surface area (Å²) in [6.45, 7) is 4.72. The quantitative estimate of drug-likeness (QED) is 0.177. The van der Waals surface area contributed by atoms with Crippen molar-refractivity contribution in [2.45, 2.75) is 19.3 Å². The van der Waals surface area contributed by atoms with E-state index in [2.05, 4.69) is 217 Å². The van der Waals surface area contributed by atoms with Gasteiger partial charge in [0.2, 0.25) is 0 Å². The number of hydrogen-bond donors (Lipinski definition) is 0. The predicted octanol–water partition coefficient (Wildman–Crippen LogP) is 14.4. The van der Waals surface area contributed by atoms with Gasteiger partial charge in [0, 0.05) is 27.6 Å². The molecule has 260 valence electrons. The van der Waals surface area contributed by atoms with Gasteiger partial charge in [-0.05, 0) is 116 Å². The Labute approximate surface area is 321 Å². The van der Waals surface area contributed by atoms with Gasteiger partial charge in [0.1, 0.15) is 0 Å². The Morgan fingerprint density at radius 2 is 1.00 bits per heavy atom. The van der Waals surface area contributed by atoms with Gasteiger partial charge in [-0.3, -0.25) is 0 Å². The fourth-order valence-electron chi connectivity index (χ4n) is 9.18. The number of hydrogen-bond acceptors (Lipinski definition) is 1. The molecule has 2 aliphatic rings. The van der Waals surface area contributed by atoms with Crippen LogP contribution < -0.4 is 4.90 Å². The molecule has 8 aromatic carbocycles. The van der Waals surface area contributed by atoms with Crippen LogP contribution in [-0.4, -0.2) is 4.57 Å². The zero-order valence-corrected chi connectivity index (χ0v) is 30.9. The normalized spacial score (nSPS) is 13.7. The van der Waals surface area contributed by atoms with Crippen molar-refractivity contribution < 1.29 is 0 Å². The Bertz CT molecular complexity index is 2980. The highest BCUT2D eigenvalue weighted by Gasteiger charge is 2.37. The Morgan fingerprint density at radius 1 is 0.382 bits per heavy atom. The first kappa shape index (κ1) is 31.6. The standard InChI is InChI=1S/C53H38N2/c1-53(2)47-19-11-9-17-43(47)46-34-51-40(32-48(46)53)22-21-39-31-37(26-30-49(39)54(51)42-27-23-36(24-28-42)35-13-5-3-6-14-35)38-25-29-45-44-18-10-12-20-50(44)55(52(45)33-38)41-15-7-4-8-16-41/h3-34H,1-2H3. The Balaban J connectivity index is 1.09. The van der Waals surface area contributed by atoms with Crippen LogP contribution in [0.3, 0.4) is 0 Å². The molecule has 0 atom stereocenters. The average molecular weight is 703 g/mol. The zero-order chi connectivity index (χ0) is 36.7. The molecule has 1 aromatic heterocycles. The van der Waals surface area contributed by atoms with Crippen molar-refractivity contribution in [1.29, 1.82) is 0 Å². The molecule has 2 nitrogen and oxygen atoms in total. The fraction of sp³-hybridized carbons (Fsp3) is 0.0566. The van der Waals surface area contributed by atoms with E-state index in [4.69, 9.17) is 0 Å². The van der Waals surface area contributed by atoms with Gasteiger partial charge in [0.05, 0.1) is 22.4 Å². The molecule has 0 N–H and O–H groups in total. The zero-order valence-electron chi connectivity index (χ0n) is 30.9. The Kier molecular flexibility index (Phi) is 6.93. The first-order valence-electron chi connectivity index (χ1n) is 19.2. The molecule has 0 amide bonds. The van der Waals surface area contributed by atoms with E-state index < -0.39 is 0 Å². The lowest BCUT2D eigenvalue weighted by atomic mass is 9.82. The monoisotopic (exact) mass is 702 g/mol. The second-order valence-electron chi connectivity index (χ2n) is 15.4. The largest absolute Gasteiger partial charge is 0.309 e. The number of aromatic nitrogens is 1. The Morgan fingerprint density at radius 3 is 1.82 bits per heavy atom. The van der Waals surface area contributed by atoms with Crippen LogP contribution in [0.15, 0.2) is 182 Å². The summed E-state index contributed by atoms with van der Waals surface area (Å²) in [5, 5.41) is 2.53. The molecule has 2 heterocycles. The van der Waals surface area contributed by atoms with E-state index in [1.807, 2.05) is 0 Å². The van der Waals surface area contributed by atoms with E-state index in [0.717, 1.165) is 11.4 Å². The number of nitrogens with zero attached hydrogens (tertiary/aromatic N) is 2. The van der Waals surface area contributed by atoms with Crippen molar-refractivity contribution in [3.63, 3.8) is 0 Å². The summed E-state index contributed by atoms with van der Waals surface area (Å²) in [5.74, 6) is 0. The third-order valence-electron chi connectivity index (χ3n) is 11.9. The number of para-hydroxylation sites is 2. The molecule has 0 spiro atoms. The number of anilines is 3. The van der Waals surface area contributed by atoms with Crippen LogP contribution in [0.5, 0.6) is 0 Å². The highest BCUT2D eigenvalue weighted by atomic mass is 15.1. The summed E-state index contributed by atoms with van der Waals surface area (Å²) in [5.41, 5.74) is 19.6. The summed E-state index contributed by atoms with van der Waals surface area (Å²) < 4.78 is 2.40. The molecule has 1 aliphatic heterocycles. The van der Waals surface area contributed by atoms with Gasteiger partial charge in [-0.25, -0.2) is 0 Å². The van der Waals surface area contributed by atoms with Crippen LogP contribution in [0.25, 0.3) is 73.0 Å². The smallest absolute Gasteiger partial charge is 0.0547 e. The molecule has 0 saturated heterocycles. The lowest BCUT2D eigenvalue weighted by molar-refractivity contribution is 0.660. The number of rotatable bonds is 4. The molecule has 11 rings (SSSR count). The lowest BCUT2D eigenvalue weighted by Gasteiger charge is -2.29. The van der Waals surface area contributed by atoms with Crippen molar-refractivity contribution in [3.05, 3.63) is 204 Å². The molecule has 0 fully saturated rings. The van der Waals surface area contributed by atoms with Crippen molar-refractivity contribution in [2.24, 2.45) is 0 Å². The second kappa shape index (κ2) is 12.1. The lowest BCUT2D eigenvalue weighted by Crippen LogP contribution is -2.16. The summed E-state index contributed by atoms with van der Waals surface area (Å²) in [6.07, 6.45) is 4.64. The first-order chi connectivity index (χ1) is 27.0. The summed E-state index contributed by atoms with van der Waals surface area (Å²) in [6, 6.07) is 66.9. The van der Waals surface area contributed by atoms with Gasteiger partial charge in [-0.1, -0.05) is 147 Å². The molecule has 55 heavy (non-hydrogen) atoms. The third-order valence-corrected chi connectivity index (χ3v) is 11.9. The summed E-state index contributed by atoms with van der Waals surface area (Å²) >= 11 is 0. The molecular weight excluding hydrogens is 665 g/mol. The molecule has 1 aliphatic carbocycles. The molecule has 0 bridgehead atoms. The molecule has 0 saturated carbocycles. The van der Waals surface area contributed by atoms with Gasteiger partial charge in [0.25, 0.3) is 0 Å². The van der Waals surface area contributed by atoms with Crippen LogP contribution >= 0.6 is 0 Å². The van der Waals surface area contributed by atoms with Gasteiger partial charge < -0.3 is 9.47 Å². The Hall–Kier alpha value is -6.90. The average Bonchev–Trinajstić information content (AvgIpc) is 3.61. The van der Waals surface area contributed by atoms with E-state index >= 15 is 0 Å². The van der Waals surface area contributed by atoms with Gasteiger partial charge >= 0.3 is 0 Å². The van der Waals surface area contributed by atoms with Crippen molar-refractivity contribution in [1.82, 2.24) is 4.57 Å². The maximum absolute atomic E-state index is 2.47. The van der Waals surface area contributed by atoms with E-state index in [9.17, 15) is 0 Å². The van der Waals surface area contributed by atoms with E-state index in [-0.39, 0.29) is 5.41 Å². The van der Waals surface area contributed by atoms with Crippen molar-refractivity contribution >= 4 is 51.0 Å². The number of benzene rings is 8. The minimum absolute atomic E-state index is 0.0792. The fourth-order valence-corrected chi connectivity index (χ4v) is 9.18. The van der Waals surface area contributed by atoms with Gasteiger partial charge in [-0.2, -0.15) is 0 Å². The third kappa shape index (κ3) is 4.88. The van der Waals surface area contributed by atoms with Crippen molar-refractivity contribution in [3.8, 4) is 39.1 Å².